The standard InChI is InChI=1S/C13H21N3O/c1-13(2,3)5-7-16-12(17)10-4-6-15-11(8-10)9-14/h4,6,8H,5,7,9,14H2,1-3H3,(H,16,17). The zero-order chi connectivity index (χ0) is 12.9. The quantitative estimate of drug-likeness (QED) is 0.834. The van der Waals surface area contributed by atoms with Crippen molar-refractivity contribution < 1.29 is 4.79 Å². The van der Waals surface area contributed by atoms with E-state index >= 15 is 0 Å². The molecule has 4 nitrogen and oxygen atoms in total. The minimum atomic E-state index is -0.0636. The second kappa shape index (κ2) is 5.77. The summed E-state index contributed by atoms with van der Waals surface area (Å²) in [6.45, 7) is 7.49. The molecule has 17 heavy (non-hydrogen) atoms. The van der Waals surface area contributed by atoms with Crippen LogP contribution in [0.3, 0.4) is 0 Å². The minimum absolute atomic E-state index is 0.0636. The number of hydrogen-bond donors (Lipinski definition) is 2. The van der Waals surface area contributed by atoms with Gasteiger partial charge in [-0.1, -0.05) is 20.8 Å². The lowest BCUT2D eigenvalue weighted by atomic mass is 9.92. The number of rotatable bonds is 4. The third-order valence-corrected chi connectivity index (χ3v) is 2.45. The van der Waals surface area contributed by atoms with Crippen LogP contribution in [0.2, 0.25) is 0 Å². The van der Waals surface area contributed by atoms with Gasteiger partial charge in [-0.05, 0) is 24.0 Å². The molecule has 0 bridgehead atoms. The topological polar surface area (TPSA) is 68.0 Å². The van der Waals surface area contributed by atoms with Crippen LogP contribution >= 0.6 is 0 Å². The van der Waals surface area contributed by atoms with Crippen molar-refractivity contribution >= 4 is 5.91 Å². The molecule has 1 amide bonds. The van der Waals surface area contributed by atoms with Gasteiger partial charge in [-0.3, -0.25) is 9.78 Å². The maximum atomic E-state index is 11.8. The lowest BCUT2D eigenvalue weighted by Gasteiger charge is -2.18. The van der Waals surface area contributed by atoms with Gasteiger partial charge in [-0.2, -0.15) is 0 Å². The van der Waals surface area contributed by atoms with Crippen LogP contribution in [0, 0.1) is 5.41 Å². The number of nitrogens with zero attached hydrogens (tertiary/aromatic N) is 1. The number of carbonyl (C=O) groups excluding carboxylic acids is 1. The fourth-order valence-corrected chi connectivity index (χ4v) is 1.38. The Balaban J connectivity index is 2.52. The summed E-state index contributed by atoms with van der Waals surface area (Å²) in [7, 11) is 0. The molecular formula is C13H21N3O. The molecule has 0 aliphatic carbocycles. The summed E-state index contributed by atoms with van der Waals surface area (Å²) >= 11 is 0. The Bertz CT molecular complexity index is 382. The molecule has 0 saturated carbocycles. The van der Waals surface area contributed by atoms with Gasteiger partial charge in [0.2, 0.25) is 0 Å². The van der Waals surface area contributed by atoms with Crippen molar-refractivity contribution in [2.24, 2.45) is 11.1 Å². The highest BCUT2D eigenvalue weighted by Crippen LogP contribution is 2.17. The molecule has 0 unspecified atom stereocenters. The van der Waals surface area contributed by atoms with E-state index in [1.165, 1.54) is 0 Å². The van der Waals surface area contributed by atoms with E-state index in [4.69, 9.17) is 5.73 Å². The molecule has 1 rings (SSSR count). The van der Waals surface area contributed by atoms with Crippen LogP contribution in [-0.2, 0) is 6.54 Å². The summed E-state index contributed by atoms with van der Waals surface area (Å²) in [6.07, 6.45) is 2.56. The summed E-state index contributed by atoms with van der Waals surface area (Å²) in [6, 6.07) is 3.43. The highest BCUT2D eigenvalue weighted by molar-refractivity contribution is 5.94. The monoisotopic (exact) mass is 235 g/mol. The van der Waals surface area contributed by atoms with Crippen LogP contribution in [-0.4, -0.2) is 17.4 Å². The van der Waals surface area contributed by atoms with Crippen LogP contribution in [0.25, 0.3) is 0 Å². The molecule has 3 N–H and O–H groups in total. The first-order valence-corrected chi connectivity index (χ1v) is 5.85. The minimum Gasteiger partial charge on any atom is -0.352 e. The Labute approximate surface area is 103 Å². The van der Waals surface area contributed by atoms with E-state index in [1.54, 1.807) is 18.3 Å². The Morgan fingerprint density at radius 3 is 2.76 bits per heavy atom. The van der Waals surface area contributed by atoms with E-state index in [2.05, 4.69) is 31.1 Å². The van der Waals surface area contributed by atoms with Crippen molar-refractivity contribution in [3.8, 4) is 0 Å². The Kier molecular flexibility index (Phi) is 4.63. The highest BCUT2D eigenvalue weighted by atomic mass is 16.1. The van der Waals surface area contributed by atoms with E-state index in [0.717, 1.165) is 12.1 Å². The molecule has 0 fully saturated rings. The molecule has 1 aromatic heterocycles. The third-order valence-electron chi connectivity index (χ3n) is 2.45. The van der Waals surface area contributed by atoms with Gasteiger partial charge < -0.3 is 11.1 Å². The molecule has 94 valence electrons. The van der Waals surface area contributed by atoms with Crippen LogP contribution in [0.4, 0.5) is 0 Å². The predicted molar refractivity (Wildman–Crippen MR) is 68.5 cm³/mol. The molecule has 0 aliphatic rings. The molecule has 0 aliphatic heterocycles. The van der Waals surface area contributed by atoms with Crippen LogP contribution in [0.5, 0.6) is 0 Å². The molecule has 0 atom stereocenters. The summed E-state index contributed by atoms with van der Waals surface area (Å²) in [5.41, 5.74) is 7.06. The molecule has 0 saturated heterocycles. The van der Waals surface area contributed by atoms with Gasteiger partial charge >= 0.3 is 0 Å². The summed E-state index contributed by atoms with van der Waals surface area (Å²) in [4.78, 5) is 15.9. The van der Waals surface area contributed by atoms with Crippen molar-refractivity contribution in [1.29, 1.82) is 0 Å². The second-order valence-electron chi connectivity index (χ2n) is 5.31. The highest BCUT2D eigenvalue weighted by Gasteiger charge is 2.11. The fourth-order valence-electron chi connectivity index (χ4n) is 1.38. The van der Waals surface area contributed by atoms with Crippen molar-refractivity contribution in [3.63, 3.8) is 0 Å². The van der Waals surface area contributed by atoms with Gasteiger partial charge in [0, 0.05) is 24.8 Å². The second-order valence-corrected chi connectivity index (χ2v) is 5.31. The van der Waals surface area contributed by atoms with Gasteiger partial charge in [0.15, 0.2) is 0 Å². The molecule has 0 radical (unpaired) electrons. The van der Waals surface area contributed by atoms with Crippen molar-refractivity contribution in [1.82, 2.24) is 10.3 Å². The lowest BCUT2D eigenvalue weighted by Crippen LogP contribution is -2.27. The fraction of sp³-hybridized carbons (Fsp3) is 0.538. The number of pyridine rings is 1. The number of nitrogens with one attached hydrogen (secondary N) is 1. The Hall–Kier alpha value is -1.42. The van der Waals surface area contributed by atoms with Crippen LogP contribution < -0.4 is 11.1 Å². The Morgan fingerprint density at radius 1 is 1.47 bits per heavy atom. The van der Waals surface area contributed by atoms with Gasteiger partial charge in [-0.15, -0.1) is 0 Å². The maximum Gasteiger partial charge on any atom is 0.251 e. The number of hydrogen-bond acceptors (Lipinski definition) is 3. The predicted octanol–water partition coefficient (Wildman–Crippen LogP) is 1.71. The number of carbonyl (C=O) groups is 1. The molecule has 1 aromatic rings. The first-order chi connectivity index (χ1) is 7.92. The maximum absolute atomic E-state index is 11.8. The van der Waals surface area contributed by atoms with Gasteiger partial charge in [-0.25, -0.2) is 0 Å². The van der Waals surface area contributed by atoms with E-state index in [9.17, 15) is 4.79 Å². The van der Waals surface area contributed by atoms with E-state index in [1.807, 2.05) is 0 Å². The molecule has 0 aromatic carbocycles. The van der Waals surface area contributed by atoms with E-state index in [0.29, 0.717) is 18.7 Å². The van der Waals surface area contributed by atoms with Crippen molar-refractivity contribution in [3.05, 3.63) is 29.6 Å². The average Bonchev–Trinajstić information content (AvgIpc) is 2.27. The van der Waals surface area contributed by atoms with Crippen LogP contribution in [0.15, 0.2) is 18.3 Å². The van der Waals surface area contributed by atoms with Gasteiger partial charge in [0.1, 0.15) is 0 Å². The van der Waals surface area contributed by atoms with E-state index in [-0.39, 0.29) is 11.3 Å². The number of amides is 1. The van der Waals surface area contributed by atoms with Crippen molar-refractivity contribution in [2.75, 3.05) is 6.54 Å². The summed E-state index contributed by atoms with van der Waals surface area (Å²) in [5, 5.41) is 2.90. The zero-order valence-corrected chi connectivity index (χ0v) is 10.8. The summed E-state index contributed by atoms with van der Waals surface area (Å²) < 4.78 is 0. The largest absolute Gasteiger partial charge is 0.352 e. The first kappa shape index (κ1) is 13.6. The smallest absolute Gasteiger partial charge is 0.251 e. The van der Waals surface area contributed by atoms with E-state index < -0.39 is 0 Å². The van der Waals surface area contributed by atoms with Gasteiger partial charge in [0.05, 0.1) is 5.69 Å². The molecule has 1 heterocycles. The third kappa shape index (κ3) is 4.95. The molecule has 0 spiro atoms. The number of aromatic nitrogens is 1. The number of nitrogens with two attached hydrogens (primary N) is 1. The van der Waals surface area contributed by atoms with Gasteiger partial charge in [0.25, 0.3) is 5.91 Å². The molecule has 4 heteroatoms. The zero-order valence-electron chi connectivity index (χ0n) is 10.8. The normalized spacial score (nSPS) is 11.3. The SMILES string of the molecule is CC(C)(C)CCNC(=O)c1ccnc(CN)c1. The Morgan fingerprint density at radius 2 is 2.18 bits per heavy atom. The van der Waals surface area contributed by atoms with Crippen molar-refractivity contribution in [2.45, 2.75) is 33.7 Å². The lowest BCUT2D eigenvalue weighted by molar-refractivity contribution is 0.0949. The first-order valence-electron chi connectivity index (χ1n) is 5.85. The average molecular weight is 235 g/mol. The molecular weight excluding hydrogens is 214 g/mol. The summed E-state index contributed by atoms with van der Waals surface area (Å²) in [5.74, 6) is -0.0636. The van der Waals surface area contributed by atoms with Crippen LogP contribution in [0.1, 0.15) is 43.2 Å².